The largest absolute Gasteiger partial charge is 0.327 e. The quantitative estimate of drug-likeness (QED) is 0.605. The van der Waals surface area contributed by atoms with Gasteiger partial charge in [-0.1, -0.05) is 6.92 Å². The summed E-state index contributed by atoms with van der Waals surface area (Å²) in [5.41, 5.74) is 6.33. The Bertz CT molecular complexity index is 352. The molecule has 1 rings (SSSR count). The highest BCUT2D eigenvalue weighted by Gasteiger charge is 2.24. The van der Waals surface area contributed by atoms with E-state index in [1.165, 1.54) is 6.07 Å². The van der Waals surface area contributed by atoms with Crippen LogP contribution in [0.15, 0.2) is 18.3 Å². The van der Waals surface area contributed by atoms with E-state index in [2.05, 4.69) is 4.98 Å². The molecule has 0 spiro atoms. The molecular formula is C10H15N3O2. The minimum atomic E-state index is -0.409. The van der Waals surface area contributed by atoms with Gasteiger partial charge in [0.05, 0.1) is 4.92 Å². The molecule has 0 aliphatic rings. The molecule has 2 atom stereocenters. The van der Waals surface area contributed by atoms with Crippen molar-refractivity contribution in [3.05, 3.63) is 34.1 Å². The first-order chi connectivity index (χ1) is 7.07. The fourth-order valence-corrected chi connectivity index (χ4v) is 1.66. The number of rotatable bonds is 4. The van der Waals surface area contributed by atoms with E-state index in [-0.39, 0.29) is 17.6 Å². The Morgan fingerprint density at radius 2 is 2.33 bits per heavy atom. The van der Waals surface area contributed by atoms with E-state index in [1.54, 1.807) is 12.3 Å². The van der Waals surface area contributed by atoms with Crippen molar-refractivity contribution in [3.8, 4) is 0 Å². The van der Waals surface area contributed by atoms with Crippen LogP contribution in [-0.2, 0) is 0 Å². The van der Waals surface area contributed by atoms with Crippen molar-refractivity contribution in [2.45, 2.75) is 32.2 Å². The van der Waals surface area contributed by atoms with Crippen LogP contribution < -0.4 is 5.73 Å². The Kier molecular flexibility index (Phi) is 3.74. The number of pyridine rings is 1. The molecule has 0 fully saturated rings. The molecule has 1 aromatic heterocycles. The molecular weight excluding hydrogens is 194 g/mol. The van der Waals surface area contributed by atoms with Gasteiger partial charge < -0.3 is 5.73 Å². The van der Waals surface area contributed by atoms with Crippen LogP contribution >= 0.6 is 0 Å². The van der Waals surface area contributed by atoms with E-state index in [0.29, 0.717) is 5.69 Å². The second kappa shape index (κ2) is 4.84. The Labute approximate surface area is 88.5 Å². The topological polar surface area (TPSA) is 82.0 Å². The molecule has 0 saturated carbocycles. The van der Waals surface area contributed by atoms with E-state index in [9.17, 15) is 10.1 Å². The average Bonchev–Trinajstić information content (AvgIpc) is 2.18. The summed E-state index contributed by atoms with van der Waals surface area (Å²) in [5.74, 6) is -0.0633. The summed E-state index contributed by atoms with van der Waals surface area (Å²) in [7, 11) is 0. The van der Waals surface area contributed by atoms with Crippen molar-refractivity contribution in [3.63, 3.8) is 0 Å². The summed E-state index contributed by atoms with van der Waals surface area (Å²) in [5, 5.41) is 10.8. The molecule has 0 aliphatic heterocycles. The zero-order valence-electron chi connectivity index (χ0n) is 8.88. The van der Waals surface area contributed by atoms with E-state index < -0.39 is 4.92 Å². The van der Waals surface area contributed by atoms with Crippen LogP contribution in [0.1, 0.15) is 31.9 Å². The lowest BCUT2D eigenvalue weighted by Gasteiger charge is -2.17. The highest BCUT2D eigenvalue weighted by molar-refractivity contribution is 5.37. The zero-order chi connectivity index (χ0) is 11.4. The van der Waals surface area contributed by atoms with Gasteiger partial charge in [-0.15, -0.1) is 0 Å². The molecule has 2 N–H and O–H groups in total. The van der Waals surface area contributed by atoms with Gasteiger partial charge in [-0.3, -0.25) is 15.1 Å². The smallest absolute Gasteiger partial charge is 0.291 e. The number of hydrogen-bond acceptors (Lipinski definition) is 4. The van der Waals surface area contributed by atoms with Gasteiger partial charge in [0.1, 0.15) is 5.69 Å². The van der Waals surface area contributed by atoms with Crippen molar-refractivity contribution in [1.82, 2.24) is 4.98 Å². The minimum absolute atomic E-state index is 0.0571. The van der Waals surface area contributed by atoms with E-state index in [1.807, 2.05) is 13.8 Å². The highest BCUT2D eigenvalue weighted by atomic mass is 16.6. The molecule has 5 nitrogen and oxygen atoms in total. The second-order valence-electron chi connectivity index (χ2n) is 3.54. The van der Waals surface area contributed by atoms with Crippen LogP contribution in [0.4, 0.5) is 5.69 Å². The van der Waals surface area contributed by atoms with E-state index in [0.717, 1.165) is 6.42 Å². The van der Waals surface area contributed by atoms with Crippen LogP contribution in [-0.4, -0.2) is 15.9 Å². The Hall–Kier alpha value is -1.49. The maximum Gasteiger partial charge on any atom is 0.291 e. The predicted molar refractivity (Wildman–Crippen MR) is 57.6 cm³/mol. The molecule has 0 amide bonds. The summed E-state index contributed by atoms with van der Waals surface area (Å²) in [6, 6.07) is 2.90. The highest BCUT2D eigenvalue weighted by Crippen LogP contribution is 2.28. The van der Waals surface area contributed by atoms with E-state index >= 15 is 0 Å². The van der Waals surface area contributed by atoms with Gasteiger partial charge in [0, 0.05) is 24.2 Å². The second-order valence-corrected chi connectivity index (χ2v) is 3.54. The van der Waals surface area contributed by atoms with E-state index in [4.69, 9.17) is 5.73 Å². The summed E-state index contributed by atoms with van der Waals surface area (Å²) >= 11 is 0. The standard InChI is InChI=1S/C10H15N3O2/c1-3-8(7(2)11)10-9(13(14)15)5-4-6-12-10/h4-8H,3,11H2,1-2H3. The Morgan fingerprint density at radius 3 is 2.80 bits per heavy atom. The first kappa shape index (κ1) is 11.6. The molecule has 5 heteroatoms. The van der Waals surface area contributed by atoms with Gasteiger partial charge in [0.25, 0.3) is 5.69 Å². The molecule has 0 saturated heterocycles. The minimum Gasteiger partial charge on any atom is -0.327 e. The monoisotopic (exact) mass is 209 g/mol. The van der Waals surface area contributed by atoms with Crippen molar-refractivity contribution >= 4 is 5.69 Å². The first-order valence-corrected chi connectivity index (χ1v) is 4.92. The molecule has 0 bridgehead atoms. The predicted octanol–water partition coefficient (Wildman–Crippen LogP) is 1.83. The molecule has 0 radical (unpaired) electrons. The van der Waals surface area contributed by atoms with Gasteiger partial charge in [0.2, 0.25) is 0 Å². The van der Waals surface area contributed by atoms with Gasteiger partial charge in [-0.25, -0.2) is 0 Å². The van der Waals surface area contributed by atoms with Crippen LogP contribution in [0.3, 0.4) is 0 Å². The lowest BCUT2D eigenvalue weighted by molar-refractivity contribution is -0.386. The third kappa shape index (κ3) is 2.50. The molecule has 1 aromatic rings. The third-order valence-corrected chi connectivity index (χ3v) is 2.44. The van der Waals surface area contributed by atoms with Gasteiger partial charge in [-0.05, 0) is 19.4 Å². The third-order valence-electron chi connectivity index (χ3n) is 2.44. The summed E-state index contributed by atoms with van der Waals surface area (Å²) in [6.07, 6.45) is 2.31. The normalized spacial score (nSPS) is 14.6. The summed E-state index contributed by atoms with van der Waals surface area (Å²) in [4.78, 5) is 14.5. The van der Waals surface area contributed by atoms with Crippen LogP contribution in [0.25, 0.3) is 0 Å². The van der Waals surface area contributed by atoms with Crippen molar-refractivity contribution in [2.75, 3.05) is 0 Å². The van der Waals surface area contributed by atoms with Crippen molar-refractivity contribution in [1.29, 1.82) is 0 Å². The van der Waals surface area contributed by atoms with Gasteiger partial charge >= 0.3 is 0 Å². The lowest BCUT2D eigenvalue weighted by atomic mass is 9.94. The molecule has 82 valence electrons. The van der Waals surface area contributed by atoms with Gasteiger partial charge in [-0.2, -0.15) is 0 Å². The Balaban J connectivity index is 3.16. The average molecular weight is 209 g/mol. The lowest BCUT2D eigenvalue weighted by Crippen LogP contribution is -2.25. The molecule has 2 unspecified atom stereocenters. The van der Waals surface area contributed by atoms with Crippen molar-refractivity contribution < 1.29 is 4.92 Å². The number of nitrogens with two attached hydrogens (primary N) is 1. The number of aromatic nitrogens is 1. The van der Waals surface area contributed by atoms with Crippen LogP contribution in [0, 0.1) is 10.1 Å². The Morgan fingerprint density at radius 1 is 1.67 bits per heavy atom. The molecule has 1 heterocycles. The van der Waals surface area contributed by atoms with Crippen LogP contribution in [0.5, 0.6) is 0 Å². The first-order valence-electron chi connectivity index (χ1n) is 4.92. The van der Waals surface area contributed by atoms with Gasteiger partial charge in [0.15, 0.2) is 0 Å². The number of nitrogens with zero attached hydrogens (tertiary/aromatic N) is 2. The fraction of sp³-hybridized carbons (Fsp3) is 0.500. The summed E-state index contributed by atoms with van der Waals surface area (Å²) in [6.45, 7) is 3.79. The SMILES string of the molecule is CCC(c1ncccc1[N+](=O)[O-])C(C)N. The maximum absolute atomic E-state index is 10.8. The number of hydrogen-bond donors (Lipinski definition) is 1. The number of nitro groups is 1. The molecule has 0 aromatic carbocycles. The summed E-state index contributed by atoms with van der Waals surface area (Å²) < 4.78 is 0. The van der Waals surface area contributed by atoms with Crippen LogP contribution in [0.2, 0.25) is 0 Å². The molecule has 0 aliphatic carbocycles. The fourth-order valence-electron chi connectivity index (χ4n) is 1.66. The van der Waals surface area contributed by atoms with Crippen molar-refractivity contribution in [2.24, 2.45) is 5.73 Å². The molecule has 15 heavy (non-hydrogen) atoms. The zero-order valence-corrected chi connectivity index (χ0v) is 8.88. The maximum atomic E-state index is 10.8.